The van der Waals surface area contributed by atoms with Crippen LogP contribution in [-0.2, 0) is 40.0 Å². The van der Waals surface area contributed by atoms with E-state index in [9.17, 15) is 38.7 Å². The molecule has 1 aliphatic rings. The number of guanidine groups is 1. The van der Waals surface area contributed by atoms with Gasteiger partial charge in [0.15, 0.2) is 5.96 Å². The van der Waals surface area contributed by atoms with Crippen molar-refractivity contribution < 1.29 is 38.7 Å². The van der Waals surface area contributed by atoms with E-state index in [1.165, 1.54) is 11.8 Å². The standard InChI is InChI=1S/C33H52N10O8/c1-4-19(2)27(34)31(49)39-18-26(45)43-15-9-13-24(43)30(48)38-17-25(44)41-22(12-8-14-37-33(35)36)29(47)40-20(3)28(46)42-23(32(50)51)16-21-10-6-5-7-11-21/h5-7,10-11,19-20,22-24,27H,4,8-9,12-18,34H2,1-3H3,(H,38,48)(H,39,49)(H,40,47)(H,41,44)(H,42,46)(H,50,51)(H4,35,36,37)/t19-,20-,22-,23-,24-,27-/m0/s1. The second kappa shape index (κ2) is 21.1. The van der Waals surface area contributed by atoms with Gasteiger partial charge in [-0.1, -0.05) is 50.6 Å². The van der Waals surface area contributed by atoms with Gasteiger partial charge >= 0.3 is 5.97 Å². The summed E-state index contributed by atoms with van der Waals surface area (Å²) in [5.41, 5.74) is 17.4. The summed E-state index contributed by atoms with van der Waals surface area (Å²) in [5, 5.41) is 22.1. The van der Waals surface area contributed by atoms with Crippen molar-refractivity contribution >= 4 is 47.4 Å². The van der Waals surface area contributed by atoms with Gasteiger partial charge in [-0.2, -0.15) is 0 Å². The van der Waals surface area contributed by atoms with E-state index in [2.05, 4.69) is 31.6 Å². The van der Waals surface area contributed by atoms with Crippen molar-refractivity contribution in [2.24, 2.45) is 28.1 Å². The summed E-state index contributed by atoms with van der Waals surface area (Å²) in [5.74, 6) is -5.21. The summed E-state index contributed by atoms with van der Waals surface area (Å²) in [6, 6.07) is 3.48. The van der Waals surface area contributed by atoms with Crippen molar-refractivity contribution in [1.82, 2.24) is 31.5 Å². The number of hydrogen-bond acceptors (Lipinski definition) is 9. The number of hydrogen-bond donors (Lipinski definition) is 9. The highest BCUT2D eigenvalue weighted by atomic mass is 16.4. The zero-order chi connectivity index (χ0) is 38.1. The second-order valence-corrected chi connectivity index (χ2v) is 12.5. The van der Waals surface area contributed by atoms with Gasteiger partial charge in [-0.3, -0.25) is 33.8 Å². The average Bonchev–Trinajstić information content (AvgIpc) is 3.60. The lowest BCUT2D eigenvalue weighted by Gasteiger charge is -2.25. The first-order valence-corrected chi connectivity index (χ1v) is 17.0. The third-order valence-electron chi connectivity index (χ3n) is 8.52. The van der Waals surface area contributed by atoms with E-state index >= 15 is 0 Å². The molecule has 1 aliphatic heterocycles. The Bertz CT molecular complexity index is 1400. The van der Waals surface area contributed by atoms with Crippen LogP contribution in [0, 0.1) is 5.92 Å². The van der Waals surface area contributed by atoms with Crippen LogP contribution >= 0.6 is 0 Å². The number of carboxylic acid groups (broad SMARTS) is 1. The molecule has 0 bridgehead atoms. The first-order chi connectivity index (χ1) is 24.1. The third-order valence-corrected chi connectivity index (χ3v) is 8.52. The minimum atomic E-state index is -1.25. The predicted octanol–water partition coefficient (Wildman–Crippen LogP) is -2.56. The molecule has 6 atom stereocenters. The van der Waals surface area contributed by atoms with Crippen molar-refractivity contribution in [2.45, 2.75) is 89.5 Å². The minimum absolute atomic E-state index is 0.0220. The Labute approximate surface area is 297 Å². The van der Waals surface area contributed by atoms with Gasteiger partial charge in [-0.25, -0.2) is 4.79 Å². The van der Waals surface area contributed by atoms with Crippen LogP contribution < -0.4 is 43.8 Å². The fourth-order valence-corrected chi connectivity index (χ4v) is 5.26. The summed E-state index contributed by atoms with van der Waals surface area (Å²) >= 11 is 0. The maximum absolute atomic E-state index is 13.2. The highest BCUT2D eigenvalue weighted by Crippen LogP contribution is 2.17. The van der Waals surface area contributed by atoms with Gasteiger partial charge in [0, 0.05) is 19.5 Å². The number of amides is 6. The Morgan fingerprint density at radius 3 is 2.24 bits per heavy atom. The molecule has 0 aliphatic carbocycles. The second-order valence-electron chi connectivity index (χ2n) is 12.5. The molecule has 6 amide bonds. The molecule has 1 aromatic rings. The molecule has 0 aromatic heterocycles. The van der Waals surface area contributed by atoms with Crippen LogP contribution in [0.1, 0.15) is 58.4 Å². The number of aliphatic imine (C=N–C) groups is 1. The number of rotatable bonds is 20. The van der Waals surface area contributed by atoms with E-state index < -0.39 is 78.2 Å². The van der Waals surface area contributed by atoms with Gasteiger partial charge in [-0.05, 0) is 44.1 Å². The lowest BCUT2D eigenvalue weighted by atomic mass is 9.99. The summed E-state index contributed by atoms with van der Waals surface area (Å²) in [6.07, 6.45) is 1.92. The van der Waals surface area contributed by atoms with Crippen LogP contribution in [0.4, 0.5) is 0 Å². The number of benzene rings is 1. The van der Waals surface area contributed by atoms with Gasteiger partial charge in [0.05, 0.1) is 19.1 Å². The largest absolute Gasteiger partial charge is 0.480 e. The van der Waals surface area contributed by atoms with Crippen LogP contribution in [0.25, 0.3) is 0 Å². The van der Waals surface area contributed by atoms with Gasteiger partial charge in [0.1, 0.15) is 24.2 Å². The molecule has 0 unspecified atom stereocenters. The normalized spacial score (nSPS) is 16.7. The molecule has 51 heavy (non-hydrogen) atoms. The molecule has 1 saturated heterocycles. The van der Waals surface area contributed by atoms with Gasteiger partial charge in [0.2, 0.25) is 35.4 Å². The van der Waals surface area contributed by atoms with Crippen molar-refractivity contribution in [3.63, 3.8) is 0 Å². The monoisotopic (exact) mass is 716 g/mol. The van der Waals surface area contributed by atoms with Crippen LogP contribution in [-0.4, -0.2) is 114 Å². The molecular weight excluding hydrogens is 664 g/mol. The number of carboxylic acids is 1. The molecular formula is C33H52N10O8. The number of nitrogens with one attached hydrogen (secondary N) is 5. The first kappa shape index (κ1) is 41.9. The van der Waals surface area contributed by atoms with Gasteiger partial charge in [0.25, 0.3) is 0 Å². The van der Waals surface area contributed by atoms with E-state index in [4.69, 9.17) is 17.2 Å². The lowest BCUT2D eigenvalue weighted by molar-refractivity contribution is -0.142. The van der Waals surface area contributed by atoms with Gasteiger partial charge < -0.3 is 53.8 Å². The van der Waals surface area contributed by atoms with Crippen molar-refractivity contribution in [2.75, 3.05) is 26.2 Å². The highest BCUT2D eigenvalue weighted by molar-refractivity contribution is 5.95. The van der Waals surface area contributed by atoms with Crippen LogP contribution in [0.2, 0.25) is 0 Å². The highest BCUT2D eigenvalue weighted by Gasteiger charge is 2.35. The summed E-state index contributed by atoms with van der Waals surface area (Å²) in [4.78, 5) is 94.2. The predicted molar refractivity (Wildman–Crippen MR) is 187 cm³/mol. The molecule has 0 saturated carbocycles. The van der Waals surface area contributed by atoms with E-state index in [1.807, 2.05) is 13.8 Å². The summed E-state index contributed by atoms with van der Waals surface area (Å²) < 4.78 is 0. The fourth-order valence-electron chi connectivity index (χ4n) is 5.26. The average molecular weight is 717 g/mol. The molecule has 0 spiro atoms. The van der Waals surface area contributed by atoms with Crippen molar-refractivity contribution in [3.8, 4) is 0 Å². The molecule has 2 rings (SSSR count). The van der Waals surface area contributed by atoms with Crippen LogP contribution in [0.15, 0.2) is 35.3 Å². The molecule has 282 valence electrons. The Hall–Kier alpha value is -5.26. The quantitative estimate of drug-likeness (QED) is 0.0384. The maximum Gasteiger partial charge on any atom is 0.326 e. The van der Waals surface area contributed by atoms with E-state index in [-0.39, 0.29) is 44.2 Å². The Balaban J connectivity index is 1.98. The zero-order valence-electron chi connectivity index (χ0n) is 29.4. The molecule has 18 heteroatoms. The van der Waals surface area contributed by atoms with Crippen LogP contribution in [0.3, 0.4) is 0 Å². The molecule has 0 radical (unpaired) electrons. The van der Waals surface area contributed by atoms with Crippen molar-refractivity contribution in [1.29, 1.82) is 0 Å². The molecule has 1 aromatic carbocycles. The number of carbonyl (C=O) groups excluding carboxylic acids is 6. The number of likely N-dealkylation sites (tertiary alicyclic amines) is 1. The van der Waals surface area contributed by atoms with Gasteiger partial charge in [-0.15, -0.1) is 0 Å². The molecule has 12 N–H and O–H groups in total. The Morgan fingerprint density at radius 2 is 1.61 bits per heavy atom. The fraction of sp³-hybridized carbons (Fsp3) is 0.576. The molecule has 1 fully saturated rings. The first-order valence-electron chi connectivity index (χ1n) is 17.0. The Kier molecular flexibility index (Phi) is 17.3. The van der Waals surface area contributed by atoms with E-state index in [1.54, 1.807) is 30.3 Å². The van der Waals surface area contributed by atoms with Crippen LogP contribution in [0.5, 0.6) is 0 Å². The number of aliphatic carboxylic acids is 1. The summed E-state index contributed by atoms with van der Waals surface area (Å²) in [7, 11) is 0. The smallest absolute Gasteiger partial charge is 0.326 e. The molecule has 1 heterocycles. The number of nitrogens with zero attached hydrogens (tertiary/aromatic N) is 2. The van der Waals surface area contributed by atoms with Crippen molar-refractivity contribution in [3.05, 3.63) is 35.9 Å². The molecule has 18 nitrogen and oxygen atoms in total. The van der Waals surface area contributed by atoms with E-state index in [0.29, 0.717) is 31.4 Å². The van der Waals surface area contributed by atoms with E-state index in [0.717, 1.165) is 0 Å². The topological polar surface area (TPSA) is 294 Å². The zero-order valence-corrected chi connectivity index (χ0v) is 29.4. The lowest BCUT2D eigenvalue weighted by Crippen LogP contribution is -2.56. The maximum atomic E-state index is 13.2. The Morgan fingerprint density at radius 1 is 0.922 bits per heavy atom. The minimum Gasteiger partial charge on any atom is -0.480 e. The SMILES string of the molecule is CC[C@H](C)[C@H](N)C(=O)NCC(=O)N1CCC[C@H]1C(=O)NCC(=O)N[C@@H](CCCN=C(N)N)C(=O)N[C@@H](C)C(=O)N[C@@H](Cc1ccccc1)C(=O)O. The number of nitrogens with two attached hydrogens (primary N) is 3. The number of carbonyl (C=O) groups is 7. The third kappa shape index (κ3) is 14.2. The summed E-state index contributed by atoms with van der Waals surface area (Å²) in [6.45, 7) is 4.68.